The molecular weight excluding hydrogens is 420 g/mol. The maximum absolute atomic E-state index is 12.7. The van der Waals surface area contributed by atoms with Crippen molar-refractivity contribution in [1.29, 1.82) is 0 Å². The van der Waals surface area contributed by atoms with Crippen LogP contribution in [0.1, 0.15) is 18.4 Å². The number of rotatable bonds is 9. The fraction of sp³-hybridized carbons (Fsp3) is 0.278. The molecule has 156 valence electrons. The Hall–Kier alpha value is -2.63. The van der Waals surface area contributed by atoms with E-state index in [4.69, 9.17) is 9.84 Å². The zero-order chi connectivity index (χ0) is 21.2. The summed E-state index contributed by atoms with van der Waals surface area (Å²) in [6, 6.07) is 9.47. The van der Waals surface area contributed by atoms with E-state index in [2.05, 4.69) is 9.44 Å². The molecule has 1 aliphatic carbocycles. The van der Waals surface area contributed by atoms with E-state index in [9.17, 15) is 21.6 Å². The number of aryl methyl sites for hydroxylation is 1. The Kier molecular flexibility index (Phi) is 5.82. The van der Waals surface area contributed by atoms with Gasteiger partial charge in [-0.2, -0.15) is 0 Å². The number of nitrogens with one attached hydrogen (secondary N) is 2. The summed E-state index contributed by atoms with van der Waals surface area (Å²) in [6.07, 6.45) is 1.58. The van der Waals surface area contributed by atoms with Crippen LogP contribution >= 0.6 is 0 Å². The highest BCUT2D eigenvalue weighted by atomic mass is 32.2. The van der Waals surface area contributed by atoms with Gasteiger partial charge in [0, 0.05) is 6.04 Å². The molecule has 1 fully saturated rings. The van der Waals surface area contributed by atoms with Crippen LogP contribution in [0, 0.1) is 6.92 Å². The molecule has 0 radical (unpaired) electrons. The molecule has 1 saturated carbocycles. The largest absolute Gasteiger partial charge is 0.482 e. The third-order valence-corrected chi connectivity index (χ3v) is 7.00. The van der Waals surface area contributed by atoms with Crippen LogP contribution in [0.5, 0.6) is 5.75 Å². The molecule has 11 heteroatoms. The number of carboxylic acids is 1. The van der Waals surface area contributed by atoms with E-state index in [0.717, 1.165) is 12.8 Å². The van der Waals surface area contributed by atoms with Gasteiger partial charge in [0.25, 0.3) is 10.0 Å². The normalized spacial score (nSPS) is 14.4. The first kappa shape index (κ1) is 21.1. The standard InChI is InChI=1S/C18H20N2O7S2/c1-12-9-16(7-8-17(12)27-11-18(21)22)29(25,26)20-14-3-2-4-15(10-14)28(23,24)19-13-5-6-13/h2-4,7-10,13,19-20H,5-6,11H2,1H3,(H,21,22). The Balaban J connectivity index is 1.79. The van der Waals surface area contributed by atoms with Crippen LogP contribution in [0.25, 0.3) is 0 Å². The summed E-state index contributed by atoms with van der Waals surface area (Å²) in [6.45, 7) is 1.05. The monoisotopic (exact) mass is 440 g/mol. The average molecular weight is 440 g/mol. The minimum Gasteiger partial charge on any atom is -0.482 e. The van der Waals surface area contributed by atoms with E-state index < -0.39 is 32.6 Å². The molecule has 0 aromatic heterocycles. The first-order valence-corrected chi connectivity index (χ1v) is 11.6. The van der Waals surface area contributed by atoms with Gasteiger partial charge < -0.3 is 9.84 Å². The number of hydrogen-bond donors (Lipinski definition) is 3. The van der Waals surface area contributed by atoms with Crippen molar-refractivity contribution in [3.63, 3.8) is 0 Å². The summed E-state index contributed by atoms with van der Waals surface area (Å²) in [5, 5.41) is 8.67. The molecule has 0 saturated heterocycles. The molecule has 2 aromatic rings. The van der Waals surface area contributed by atoms with Crippen molar-refractivity contribution in [2.45, 2.75) is 35.6 Å². The van der Waals surface area contributed by atoms with Gasteiger partial charge in [0.1, 0.15) is 5.75 Å². The molecule has 0 heterocycles. The van der Waals surface area contributed by atoms with Crippen LogP contribution < -0.4 is 14.2 Å². The van der Waals surface area contributed by atoms with Gasteiger partial charge in [-0.15, -0.1) is 0 Å². The number of ether oxygens (including phenoxy) is 1. The molecule has 3 rings (SSSR count). The maximum Gasteiger partial charge on any atom is 0.341 e. The van der Waals surface area contributed by atoms with Crippen LogP contribution in [0.2, 0.25) is 0 Å². The number of benzene rings is 2. The van der Waals surface area contributed by atoms with Crippen molar-refractivity contribution in [3.05, 3.63) is 48.0 Å². The molecule has 2 aromatic carbocycles. The zero-order valence-electron chi connectivity index (χ0n) is 15.5. The Bertz CT molecular complexity index is 1140. The molecule has 1 aliphatic rings. The van der Waals surface area contributed by atoms with E-state index in [1.165, 1.54) is 42.5 Å². The van der Waals surface area contributed by atoms with Gasteiger partial charge in [-0.1, -0.05) is 6.07 Å². The third-order valence-electron chi connectivity index (χ3n) is 4.10. The number of aliphatic carboxylic acids is 1. The number of hydrogen-bond acceptors (Lipinski definition) is 6. The zero-order valence-corrected chi connectivity index (χ0v) is 17.1. The number of sulfonamides is 2. The summed E-state index contributed by atoms with van der Waals surface area (Å²) in [5.74, 6) is -0.889. The van der Waals surface area contributed by atoms with Gasteiger partial charge in [0.05, 0.1) is 15.5 Å². The molecule has 29 heavy (non-hydrogen) atoms. The summed E-state index contributed by atoms with van der Waals surface area (Å²) >= 11 is 0. The molecule has 0 atom stereocenters. The van der Waals surface area contributed by atoms with Gasteiger partial charge in [-0.25, -0.2) is 26.4 Å². The molecule has 0 amide bonds. The van der Waals surface area contributed by atoms with E-state index in [1.54, 1.807) is 6.92 Å². The van der Waals surface area contributed by atoms with Gasteiger partial charge in [0.15, 0.2) is 6.61 Å². The minimum absolute atomic E-state index is 0.0294. The Morgan fingerprint density at radius 1 is 1.07 bits per heavy atom. The predicted molar refractivity (Wildman–Crippen MR) is 105 cm³/mol. The second-order valence-corrected chi connectivity index (χ2v) is 10.0. The molecule has 0 aliphatic heterocycles. The first-order valence-electron chi connectivity index (χ1n) is 8.67. The lowest BCUT2D eigenvalue weighted by atomic mass is 10.2. The fourth-order valence-corrected chi connectivity index (χ4v) is 5.00. The van der Waals surface area contributed by atoms with E-state index in [-0.39, 0.29) is 27.3 Å². The quantitative estimate of drug-likeness (QED) is 0.539. The lowest BCUT2D eigenvalue weighted by molar-refractivity contribution is -0.139. The van der Waals surface area contributed by atoms with E-state index in [0.29, 0.717) is 5.56 Å². The van der Waals surface area contributed by atoms with Crippen molar-refractivity contribution >= 4 is 31.7 Å². The average Bonchev–Trinajstić information content (AvgIpc) is 3.43. The summed E-state index contributed by atoms with van der Waals surface area (Å²) in [7, 11) is -7.71. The second-order valence-electron chi connectivity index (χ2n) is 6.64. The molecule has 3 N–H and O–H groups in total. The smallest absolute Gasteiger partial charge is 0.341 e. The van der Waals surface area contributed by atoms with Crippen molar-refractivity contribution in [2.75, 3.05) is 11.3 Å². The SMILES string of the molecule is Cc1cc(S(=O)(=O)Nc2cccc(S(=O)(=O)NC3CC3)c2)ccc1OCC(=O)O. The van der Waals surface area contributed by atoms with Crippen molar-refractivity contribution in [3.8, 4) is 5.75 Å². The highest BCUT2D eigenvalue weighted by Gasteiger charge is 2.28. The second kappa shape index (κ2) is 8.01. The molecule has 0 spiro atoms. The molecule has 0 unspecified atom stereocenters. The van der Waals surface area contributed by atoms with Gasteiger partial charge >= 0.3 is 5.97 Å². The minimum atomic E-state index is -3.99. The van der Waals surface area contributed by atoms with Crippen LogP contribution in [-0.4, -0.2) is 40.6 Å². The number of carbonyl (C=O) groups is 1. The topological polar surface area (TPSA) is 139 Å². The predicted octanol–water partition coefficient (Wildman–Crippen LogP) is 1.70. The Morgan fingerprint density at radius 2 is 1.76 bits per heavy atom. The number of anilines is 1. The highest BCUT2D eigenvalue weighted by molar-refractivity contribution is 7.92. The Morgan fingerprint density at radius 3 is 2.38 bits per heavy atom. The van der Waals surface area contributed by atoms with E-state index >= 15 is 0 Å². The molecular formula is C18H20N2O7S2. The van der Waals surface area contributed by atoms with Crippen LogP contribution in [0.4, 0.5) is 5.69 Å². The molecule has 0 bridgehead atoms. The lowest BCUT2D eigenvalue weighted by Crippen LogP contribution is -2.25. The molecule has 9 nitrogen and oxygen atoms in total. The fourth-order valence-electron chi connectivity index (χ4n) is 2.52. The van der Waals surface area contributed by atoms with E-state index in [1.807, 2.05) is 0 Å². The van der Waals surface area contributed by atoms with Crippen molar-refractivity contribution in [2.24, 2.45) is 0 Å². The van der Waals surface area contributed by atoms with Crippen molar-refractivity contribution in [1.82, 2.24) is 4.72 Å². The van der Waals surface area contributed by atoms with Gasteiger partial charge in [-0.3, -0.25) is 4.72 Å². The van der Waals surface area contributed by atoms with Gasteiger partial charge in [-0.05, 0) is 61.7 Å². The Labute approximate surface area is 168 Å². The third kappa shape index (κ3) is 5.46. The number of carboxylic acid groups (broad SMARTS) is 1. The van der Waals surface area contributed by atoms with Crippen molar-refractivity contribution < 1.29 is 31.5 Å². The first-order chi connectivity index (χ1) is 13.6. The summed E-state index contributed by atoms with van der Waals surface area (Å²) < 4.78 is 60.0. The maximum atomic E-state index is 12.7. The van der Waals surface area contributed by atoms with Crippen LogP contribution in [0.15, 0.2) is 52.3 Å². The summed E-state index contributed by atoms with van der Waals surface area (Å²) in [5.41, 5.74) is 0.548. The summed E-state index contributed by atoms with van der Waals surface area (Å²) in [4.78, 5) is 10.5. The lowest BCUT2D eigenvalue weighted by Gasteiger charge is -2.12. The van der Waals surface area contributed by atoms with Crippen LogP contribution in [0.3, 0.4) is 0 Å². The van der Waals surface area contributed by atoms with Gasteiger partial charge in [0.2, 0.25) is 10.0 Å². The van der Waals surface area contributed by atoms with Crippen LogP contribution in [-0.2, 0) is 24.8 Å². The highest BCUT2D eigenvalue weighted by Crippen LogP contribution is 2.26.